The van der Waals surface area contributed by atoms with Crippen LogP contribution in [-0.2, 0) is 0 Å². The van der Waals surface area contributed by atoms with Crippen molar-refractivity contribution in [2.45, 2.75) is 19.0 Å². The molecule has 0 bridgehead atoms. The number of thiocarbonyl (C=S) groups is 1. The summed E-state index contributed by atoms with van der Waals surface area (Å²) in [4.78, 5) is 8.04. The molecule has 2 atom stereocenters. The first-order valence-electron chi connectivity index (χ1n) is 7.95. The minimum absolute atomic E-state index is 0.0244. The number of nitrogens with zero attached hydrogens (tertiary/aromatic N) is 2. The van der Waals surface area contributed by atoms with Gasteiger partial charge in [0.25, 0.3) is 0 Å². The summed E-state index contributed by atoms with van der Waals surface area (Å²) in [7, 11) is 0. The molecule has 3 aromatic rings. The second-order valence-electron chi connectivity index (χ2n) is 5.95. The largest absolute Gasteiger partial charge is 0.351 e. The van der Waals surface area contributed by atoms with Gasteiger partial charge in [-0.05, 0) is 66.5 Å². The summed E-state index contributed by atoms with van der Waals surface area (Å²) >= 11 is 11.0. The smallest absolute Gasteiger partial charge is 0.174 e. The number of benzene rings is 1. The van der Waals surface area contributed by atoms with Gasteiger partial charge in [-0.2, -0.15) is 0 Å². The van der Waals surface area contributed by atoms with E-state index in [1.54, 1.807) is 11.3 Å². The van der Waals surface area contributed by atoms with E-state index in [2.05, 4.69) is 79.8 Å². The molecule has 1 aliphatic rings. The van der Waals surface area contributed by atoms with Crippen molar-refractivity contribution in [2.75, 3.05) is 4.90 Å². The zero-order chi connectivity index (χ0) is 17.4. The lowest BCUT2D eigenvalue weighted by Crippen LogP contribution is -2.29. The summed E-state index contributed by atoms with van der Waals surface area (Å²) in [6.45, 7) is 2.09. The van der Waals surface area contributed by atoms with Gasteiger partial charge in [-0.15, -0.1) is 11.3 Å². The van der Waals surface area contributed by atoms with Crippen molar-refractivity contribution in [1.82, 2.24) is 10.3 Å². The minimum atomic E-state index is 0.0244. The molecule has 25 heavy (non-hydrogen) atoms. The number of hydrogen-bond acceptors (Lipinski definition) is 3. The minimum Gasteiger partial charge on any atom is -0.351 e. The third-order valence-corrected chi connectivity index (χ3v) is 6.50. The lowest BCUT2D eigenvalue weighted by atomic mass is 10.0. The molecule has 2 unspecified atom stereocenters. The van der Waals surface area contributed by atoms with Crippen molar-refractivity contribution in [3.05, 3.63) is 80.7 Å². The molecule has 0 saturated carbocycles. The Bertz CT molecular complexity index is 896. The molecule has 126 valence electrons. The highest BCUT2D eigenvalue weighted by Crippen LogP contribution is 2.43. The molecule has 1 aromatic carbocycles. The van der Waals surface area contributed by atoms with Gasteiger partial charge in [0.05, 0.1) is 17.8 Å². The number of nitrogens with one attached hydrogen (secondary N) is 1. The summed E-state index contributed by atoms with van der Waals surface area (Å²) < 4.78 is 1.10. The molecule has 4 rings (SSSR count). The van der Waals surface area contributed by atoms with Gasteiger partial charge in [-0.3, -0.25) is 4.98 Å². The molecule has 1 N–H and O–H groups in total. The Kier molecular flexibility index (Phi) is 4.58. The van der Waals surface area contributed by atoms with Crippen molar-refractivity contribution in [2.24, 2.45) is 0 Å². The Hall–Kier alpha value is -1.76. The van der Waals surface area contributed by atoms with Gasteiger partial charge < -0.3 is 10.2 Å². The van der Waals surface area contributed by atoms with Crippen LogP contribution < -0.4 is 10.2 Å². The number of hydrogen-bond donors (Lipinski definition) is 1. The third-order valence-electron chi connectivity index (χ3n) is 4.35. The summed E-state index contributed by atoms with van der Waals surface area (Å²) in [5.74, 6) is 0. The Labute approximate surface area is 164 Å². The van der Waals surface area contributed by atoms with Crippen LogP contribution in [0, 0.1) is 6.92 Å². The van der Waals surface area contributed by atoms with Crippen molar-refractivity contribution >= 4 is 50.3 Å². The number of aryl methyl sites for hydroxylation is 1. The van der Waals surface area contributed by atoms with E-state index >= 15 is 0 Å². The van der Waals surface area contributed by atoms with Crippen LogP contribution in [0.15, 0.2) is 64.6 Å². The molecule has 1 fully saturated rings. The average molecular weight is 430 g/mol. The van der Waals surface area contributed by atoms with Crippen LogP contribution in [0.2, 0.25) is 0 Å². The first-order valence-corrected chi connectivity index (χ1v) is 10.0. The molecule has 0 spiro atoms. The van der Waals surface area contributed by atoms with Crippen LogP contribution in [-0.4, -0.2) is 10.1 Å². The summed E-state index contributed by atoms with van der Waals surface area (Å²) in [6.07, 6.45) is 1.83. The Morgan fingerprint density at radius 1 is 1.20 bits per heavy atom. The first-order chi connectivity index (χ1) is 12.1. The first kappa shape index (κ1) is 16.7. The third kappa shape index (κ3) is 3.10. The fourth-order valence-electron chi connectivity index (χ4n) is 3.16. The zero-order valence-electron chi connectivity index (χ0n) is 13.5. The van der Waals surface area contributed by atoms with Crippen molar-refractivity contribution in [3.8, 4) is 0 Å². The Balaban J connectivity index is 1.82. The fourth-order valence-corrected chi connectivity index (χ4v) is 4.61. The maximum absolute atomic E-state index is 5.71. The van der Waals surface area contributed by atoms with E-state index in [0.29, 0.717) is 0 Å². The van der Waals surface area contributed by atoms with Crippen LogP contribution >= 0.6 is 39.5 Å². The topological polar surface area (TPSA) is 28.2 Å². The molecule has 0 aliphatic carbocycles. The second-order valence-corrected chi connectivity index (χ2v) is 8.17. The standard InChI is InChI=1S/C19H16BrN3S2/c1-12-11-13(7-8-14(12)20)23-18(16-6-4-10-25-16)17(22-19(23)24)15-5-2-3-9-21-15/h2-11,17-18H,1H3,(H,22,24). The monoisotopic (exact) mass is 429 g/mol. The zero-order valence-corrected chi connectivity index (χ0v) is 16.7. The molecule has 0 amide bonds. The molecule has 1 saturated heterocycles. The maximum Gasteiger partial charge on any atom is 0.174 e. The van der Waals surface area contributed by atoms with E-state index in [4.69, 9.17) is 12.2 Å². The summed E-state index contributed by atoms with van der Waals surface area (Å²) in [6, 6.07) is 16.7. The Morgan fingerprint density at radius 2 is 2.08 bits per heavy atom. The Morgan fingerprint density at radius 3 is 2.76 bits per heavy atom. The van der Waals surface area contributed by atoms with Gasteiger partial charge >= 0.3 is 0 Å². The lowest BCUT2D eigenvalue weighted by Gasteiger charge is -2.27. The highest BCUT2D eigenvalue weighted by molar-refractivity contribution is 9.10. The number of halogens is 1. The highest BCUT2D eigenvalue weighted by atomic mass is 79.9. The second kappa shape index (κ2) is 6.86. The van der Waals surface area contributed by atoms with E-state index in [1.807, 2.05) is 18.3 Å². The molecule has 1 aliphatic heterocycles. The van der Waals surface area contributed by atoms with Crippen LogP contribution in [0.5, 0.6) is 0 Å². The molecule has 3 heterocycles. The fraction of sp³-hybridized carbons (Fsp3) is 0.158. The average Bonchev–Trinajstić information content (AvgIpc) is 3.25. The number of thiophene rings is 1. The van der Waals surface area contributed by atoms with E-state index in [1.165, 1.54) is 10.4 Å². The van der Waals surface area contributed by atoms with Gasteiger partial charge in [-0.1, -0.05) is 28.1 Å². The number of anilines is 1. The van der Waals surface area contributed by atoms with E-state index in [9.17, 15) is 0 Å². The van der Waals surface area contributed by atoms with Gasteiger partial charge in [-0.25, -0.2) is 0 Å². The number of aromatic nitrogens is 1. The van der Waals surface area contributed by atoms with E-state index < -0.39 is 0 Å². The van der Waals surface area contributed by atoms with E-state index in [0.717, 1.165) is 21.0 Å². The van der Waals surface area contributed by atoms with Gasteiger partial charge in [0.1, 0.15) is 0 Å². The van der Waals surface area contributed by atoms with Crippen LogP contribution in [0.1, 0.15) is 28.2 Å². The highest BCUT2D eigenvalue weighted by Gasteiger charge is 2.41. The van der Waals surface area contributed by atoms with Crippen LogP contribution in [0.4, 0.5) is 5.69 Å². The van der Waals surface area contributed by atoms with Crippen molar-refractivity contribution in [3.63, 3.8) is 0 Å². The normalized spacial score (nSPS) is 19.9. The molecular weight excluding hydrogens is 414 g/mol. The molecule has 6 heteroatoms. The molecule has 0 radical (unpaired) electrons. The molecular formula is C19H16BrN3S2. The summed E-state index contributed by atoms with van der Waals surface area (Å²) in [5.41, 5.74) is 3.28. The van der Waals surface area contributed by atoms with Crippen LogP contribution in [0.3, 0.4) is 0 Å². The molecule has 2 aromatic heterocycles. The number of pyridine rings is 1. The van der Waals surface area contributed by atoms with Gasteiger partial charge in [0.2, 0.25) is 0 Å². The lowest BCUT2D eigenvalue weighted by molar-refractivity contribution is 0.575. The SMILES string of the molecule is Cc1cc(N2C(=S)NC(c3ccccn3)C2c2cccs2)ccc1Br. The quantitative estimate of drug-likeness (QED) is 0.564. The van der Waals surface area contributed by atoms with Gasteiger partial charge in [0.15, 0.2) is 5.11 Å². The predicted octanol–water partition coefficient (Wildman–Crippen LogP) is 5.39. The van der Waals surface area contributed by atoms with Crippen molar-refractivity contribution < 1.29 is 0 Å². The predicted molar refractivity (Wildman–Crippen MR) is 111 cm³/mol. The summed E-state index contributed by atoms with van der Waals surface area (Å²) in [5, 5.41) is 6.32. The number of rotatable bonds is 3. The van der Waals surface area contributed by atoms with E-state index in [-0.39, 0.29) is 12.1 Å². The van der Waals surface area contributed by atoms with Gasteiger partial charge in [0, 0.05) is 21.2 Å². The van der Waals surface area contributed by atoms with Crippen LogP contribution in [0.25, 0.3) is 0 Å². The molecule has 3 nitrogen and oxygen atoms in total. The maximum atomic E-state index is 5.71. The van der Waals surface area contributed by atoms with Crippen molar-refractivity contribution in [1.29, 1.82) is 0 Å².